The molecule has 16 heavy (non-hydrogen) atoms. The van der Waals surface area contributed by atoms with Crippen LogP contribution < -0.4 is 5.73 Å². The summed E-state index contributed by atoms with van der Waals surface area (Å²) in [5.74, 6) is 0.724. The average Bonchev–Trinajstić information content (AvgIpc) is 2.27. The SMILES string of the molecule is COC(CC(CN)N(C)CCC(C)C)OC. The van der Waals surface area contributed by atoms with E-state index in [0.717, 1.165) is 18.9 Å². The lowest BCUT2D eigenvalue weighted by molar-refractivity contribution is -0.115. The summed E-state index contributed by atoms with van der Waals surface area (Å²) >= 11 is 0. The minimum atomic E-state index is -0.157. The molecule has 0 bridgehead atoms. The molecule has 4 nitrogen and oxygen atoms in total. The van der Waals surface area contributed by atoms with E-state index in [1.54, 1.807) is 14.2 Å². The van der Waals surface area contributed by atoms with E-state index < -0.39 is 0 Å². The van der Waals surface area contributed by atoms with Crippen molar-refractivity contribution >= 4 is 0 Å². The van der Waals surface area contributed by atoms with Crippen LogP contribution in [0.2, 0.25) is 0 Å². The van der Waals surface area contributed by atoms with Gasteiger partial charge in [-0.25, -0.2) is 0 Å². The van der Waals surface area contributed by atoms with Crippen molar-refractivity contribution in [3.8, 4) is 0 Å². The zero-order valence-electron chi connectivity index (χ0n) is 11.4. The summed E-state index contributed by atoms with van der Waals surface area (Å²) in [6.07, 6.45) is 1.85. The van der Waals surface area contributed by atoms with E-state index in [-0.39, 0.29) is 6.29 Å². The molecule has 98 valence electrons. The summed E-state index contributed by atoms with van der Waals surface area (Å²) in [4.78, 5) is 2.30. The molecule has 0 aliphatic carbocycles. The van der Waals surface area contributed by atoms with E-state index in [2.05, 4.69) is 25.8 Å². The Morgan fingerprint density at radius 3 is 2.12 bits per heavy atom. The summed E-state index contributed by atoms with van der Waals surface area (Å²) in [7, 11) is 5.44. The number of methoxy groups -OCH3 is 2. The monoisotopic (exact) mass is 232 g/mol. The van der Waals surface area contributed by atoms with Crippen molar-refractivity contribution in [3.05, 3.63) is 0 Å². The molecule has 0 fully saturated rings. The summed E-state index contributed by atoms with van der Waals surface area (Å²) in [5.41, 5.74) is 5.78. The van der Waals surface area contributed by atoms with Crippen LogP contribution >= 0.6 is 0 Å². The van der Waals surface area contributed by atoms with Crippen molar-refractivity contribution < 1.29 is 9.47 Å². The molecule has 0 aliphatic heterocycles. The summed E-state index contributed by atoms with van der Waals surface area (Å²) in [6.45, 7) is 6.17. The second-order valence-electron chi connectivity index (χ2n) is 4.69. The van der Waals surface area contributed by atoms with Crippen LogP contribution in [0.3, 0.4) is 0 Å². The van der Waals surface area contributed by atoms with Crippen molar-refractivity contribution in [2.24, 2.45) is 11.7 Å². The second kappa shape index (κ2) is 8.93. The van der Waals surface area contributed by atoms with Gasteiger partial charge in [0.25, 0.3) is 0 Å². The summed E-state index contributed by atoms with van der Waals surface area (Å²) in [5, 5.41) is 0. The van der Waals surface area contributed by atoms with Gasteiger partial charge >= 0.3 is 0 Å². The third-order valence-corrected chi connectivity index (χ3v) is 2.94. The summed E-state index contributed by atoms with van der Waals surface area (Å²) < 4.78 is 10.4. The van der Waals surface area contributed by atoms with E-state index in [1.165, 1.54) is 6.42 Å². The van der Waals surface area contributed by atoms with Crippen LogP contribution in [0.5, 0.6) is 0 Å². The lowest BCUT2D eigenvalue weighted by atomic mass is 10.1. The van der Waals surface area contributed by atoms with Crippen LogP contribution in [0.4, 0.5) is 0 Å². The van der Waals surface area contributed by atoms with E-state index in [9.17, 15) is 0 Å². The van der Waals surface area contributed by atoms with E-state index in [1.807, 2.05) is 0 Å². The first-order valence-electron chi connectivity index (χ1n) is 6.01. The van der Waals surface area contributed by atoms with Gasteiger partial charge in [0.2, 0.25) is 0 Å². The molecule has 1 unspecified atom stereocenters. The first-order chi connectivity index (χ1) is 7.54. The van der Waals surface area contributed by atoms with Crippen molar-refractivity contribution in [2.75, 3.05) is 34.4 Å². The van der Waals surface area contributed by atoms with Crippen molar-refractivity contribution in [2.45, 2.75) is 39.0 Å². The Labute approximate surface area is 100 Å². The molecule has 0 radical (unpaired) electrons. The van der Waals surface area contributed by atoms with Crippen LogP contribution in [0.15, 0.2) is 0 Å². The van der Waals surface area contributed by atoms with Gasteiger partial charge in [0, 0.05) is 33.2 Å². The third kappa shape index (κ3) is 6.43. The molecule has 0 spiro atoms. The Bertz CT molecular complexity index is 161. The molecular formula is C12H28N2O2. The van der Waals surface area contributed by atoms with E-state index >= 15 is 0 Å². The minimum Gasteiger partial charge on any atom is -0.356 e. The largest absolute Gasteiger partial charge is 0.356 e. The van der Waals surface area contributed by atoms with Gasteiger partial charge in [0.05, 0.1) is 0 Å². The molecule has 4 heteroatoms. The number of likely N-dealkylation sites (N-methyl/N-ethyl adjacent to an activating group) is 1. The molecule has 0 aromatic rings. The number of rotatable bonds is 9. The first-order valence-corrected chi connectivity index (χ1v) is 6.01. The maximum absolute atomic E-state index is 5.78. The fourth-order valence-electron chi connectivity index (χ4n) is 1.61. The standard InChI is InChI=1S/C12H28N2O2/c1-10(2)6-7-14(3)11(9-13)8-12(15-4)16-5/h10-12H,6-9,13H2,1-5H3. The highest BCUT2D eigenvalue weighted by Gasteiger charge is 2.18. The van der Waals surface area contributed by atoms with Gasteiger partial charge in [-0.2, -0.15) is 0 Å². The van der Waals surface area contributed by atoms with Crippen LogP contribution in [-0.4, -0.2) is 51.6 Å². The highest BCUT2D eigenvalue weighted by molar-refractivity contribution is 4.71. The molecule has 0 aliphatic rings. The predicted molar refractivity (Wildman–Crippen MR) is 67.4 cm³/mol. The fraction of sp³-hybridized carbons (Fsp3) is 1.00. The topological polar surface area (TPSA) is 47.7 Å². The summed E-state index contributed by atoms with van der Waals surface area (Å²) in [6, 6.07) is 0.323. The smallest absolute Gasteiger partial charge is 0.158 e. The first kappa shape index (κ1) is 15.8. The quantitative estimate of drug-likeness (QED) is 0.609. The molecule has 0 saturated heterocycles. The number of nitrogens with zero attached hydrogens (tertiary/aromatic N) is 1. The van der Waals surface area contributed by atoms with Gasteiger partial charge in [0.1, 0.15) is 0 Å². The molecule has 1 atom stereocenters. The Morgan fingerprint density at radius 1 is 1.19 bits per heavy atom. The zero-order chi connectivity index (χ0) is 12.6. The van der Waals surface area contributed by atoms with Gasteiger partial charge in [-0.05, 0) is 25.9 Å². The number of hydrogen-bond donors (Lipinski definition) is 1. The van der Waals surface area contributed by atoms with Crippen LogP contribution in [0, 0.1) is 5.92 Å². The van der Waals surface area contributed by atoms with Gasteiger partial charge in [-0.3, -0.25) is 0 Å². The van der Waals surface area contributed by atoms with Crippen LogP contribution in [-0.2, 0) is 9.47 Å². The van der Waals surface area contributed by atoms with Crippen molar-refractivity contribution in [3.63, 3.8) is 0 Å². The van der Waals surface area contributed by atoms with Gasteiger partial charge in [-0.15, -0.1) is 0 Å². The zero-order valence-corrected chi connectivity index (χ0v) is 11.4. The molecule has 0 aromatic carbocycles. The molecule has 0 amide bonds. The predicted octanol–water partition coefficient (Wildman–Crippen LogP) is 1.30. The van der Waals surface area contributed by atoms with Crippen LogP contribution in [0.1, 0.15) is 26.7 Å². The van der Waals surface area contributed by atoms with E-state index in [4.69, 9.17) is 15.2 Å². The Morgan fingerprint density at radius 2 is 1.75 bits per heavy atom. The Hall–Kier alpha value is -0.160. The van der Waals surface area contributed by atoms with Gasteiger partial charge < -0.3 is 20.1 Å². The highest BCUT2D eigenvalue weighted by Crippen LogP contribution is 2.10. The maximum atomic E-state index is 5.78. The fourth-order valence-corrected chi connectivity index (χ4v) is 1.61. The lowest BCUT2D eigenvalue weighted by Crippen LogP contribution is -2.41. The molecule has 0 heterocycles. The Balaban J connectivity index is 4.04. The number of nitrogens with two attached hydrogens (primary N) is 1. The minimum absolute atomic E-state index is 0.157. The van der Waals surface area contributed by atoms with Gasteiger partial charge in [0.15, 0.2) is 6.29 Å². The average molecular weight is 232 g/mol. The third-order valence-electron chi connectivity index (χ3n) is 2.94. The lowest BCUT2D eigenvalue weighted by Gasteiger charge is -2.29. The number of ether oxygens (including phenoxy) is 2. The van der Waals surface area contributed by atoms with E-state index in [0.29, 0.717) is 12.6 Å². The van der Waals surface area contributed by atoms with Crippen LogP contribution in [0.25, 0.3) is 0 Å². The molecule has 2 N–H and O–H groups in total. The molecule has 0 saturated carbocycles. The molecule has 0 aromatic heterocycles. The highest BCUT2D eigenvalue weighted by atomic mass is 16.7. The van der Waals surface area contributed by atoms with Crippen molar-refractivity contribution in [1.82, 2.24) is 4.90 Å². The van der Waals surface area contributed by atoms with Gasteiger partial charge in [-0.1, -0.05) is 13.8 Å². The Kier molecular flexibility index (Phi) is 8.84. The molecular weight excluding hydrogens is 204 g/mol. The normalized spacial score (nSPS) is 14.1. The van der Waals surface area contributed by atoms with Crippen molar-refractivity contribution in [1.29, 1.82) is 0 Å². The molecule has 0 rings (SSSR count). The second-order valence-corrected chi connectivity index (χ2v) is 4.69. The number of hydrogen-bond acceptors (Lipinski definition) is 4. The maximum Gasteiger partial charge on any atom is 0.158 e.